The topological polar surface area (TPSA) is 280 Å². The van der Waals surface area contributed by atoms with Crippen molar-refractivity contribution in [3.63, 3.8) is 0 Å². The molecule has 0 unspecified atom stereocenters. The van der Waals surface area contributed by atoms with E-state index >= 15 is 0 Å². The van der Waals surface area contributed by atoms with Crippen molar-refractivity contribution >= 4 is 98.4 Å². The number of primary sulfonamides is 1. The Morgan fingerprint density at radius 3 is 1.41 bits per heavy atom. The number of aromatic nitrogens is 2. The molecule has 23 heteroatoms. The smallest absolute Gasteiger partial charge is 0.310 e. The van der Waals surface area contributed by atoms with Crippen LogP contribution in [0.15, 0.2) is 133 Å². The fraction of sp³-hybridized carbons (Fsp3) is 0.526. The van der Waals surface area contributed by atoms with Gasteiger partial charge in [-0.3, -0.25) is 33.5 Å². The monoisotopic (exact) mass is 1430 g/mol. The second-order valence-electron chi connectivity index (χ2n) is 27.9. The first-order valence-corrected chi connectivity index (χ1v) is 39.5. The maximum Gasteiger partial charge on any atom is 0.310 e. The number of benzene rings is 4. The molecule has 6 fully saturated rings. The van der Waals surface area contributed by atoms with Gasteiger partial charge in [0, 0.05) is 37.5 Å². The number of hydrogen-bond acceptors (Lipinski definition) is 16. The Labute approximate surface area is 590 Å². The molecule has 4 aliphatic carbocycles. The number of rotatable bonds is 15. The number of allylic oxidation sites excluding steroid dienone is 4. The maximum atomic E-state index is 14.5. The quantitative estimate of drug-likeness (QED) is 0.0806. The van der Waals surface area contributed by atoms with E-state index < -0.39 is 66.2 Å². The maximum absolute atomic E-state index is 14.5. The molecular formula is C76H96N6O13S4. The average Bonchev–Trinajstić information content (AvgIpc) is 1.56. The number of aryl methyl sites for hydroxylation is 2. The minimum Gasteiger partial charge on any atom is -0.481 e. The normalized spacial score (nSPS) is 28.1. The number of sulfonamides is 2. The summed E-state index contributed by atoms with van der Waals surface area (Å²) in [5.74, 6) is -2.78. The van der Waals surface area contributed by atoms with Gasteiger partial charge >= 0.3 is 5.97 Å². The number of ether oxygens (including phenoxy) is 2. The number of carbonyl (C=O) groups excluding carboxylic acids is 5. The molecule has 4 aromatic carbocycles. The minimum absolute atomic E-state index is 0. The largest absolute Gasteiger partial charge is 0.481 e. The predicted molar refractivity (Wildman–Crippen MR) is 387 cm³/mol. The molecule has 99 heavy (non-hydrogen) atoms. The number of Topliss-reactive ketones (excluding diaryl/α,β-unsaturated/α-hetero) is 2. The summed E-state index contributed by atoms with van der Waals surface area (Å²) in [5, 5.41) is 15.1. The van der Waals surface area contributed by atoms with Gasteiger partial charge in [-0.2, -0.15) is 0 Å². The number of nitrogens with two attached hydrogens (primary N) is 1. The zero-order chi connectivity index (χ0) is 67.9. The minimum atomic E-state index is -3.77. The number of fused-ring (bicyclic) bond motifs is 6. The summed E-state index contributed by atoms with van der Waals surface area (Å²) in [6.45, 7) is 0.558. The number of carboxylic acid groups (broad SMARTS) is 1. The molecule has 6 heterocycles. The summed E-state index contributed by atoms with van der Waals surface area (Å²) in [6, 6.07) is 34.5. The fourth-order valence-corrected chi connectivity index (χ4v) is 18.5. The van der Waals surface area contributed by atoms with Crippen molar-refractivity contribution in [1.82, 2.24) is 24.5 Å². The van der Waals surface area contributed by atoms with Crippen LogP contribution in [0.1, 0.15) is 167 Å². The first kappa shape index (κ1) is 74.5. The Morgan fingerprint density at radius 1 is 0.566 bits per heavy atom. The third-order valence-electron chi connectivity index (χ3n) is 20.8. The van der Waals surface area contributed by atoms with Gasteiger partial charge in [0.1, 0.15) is 12.2 Å². The van der Waals surface area contributed by atoms with Crippen LogP contribution >= 0.6 is 22.7 Å². The van der Waals surface area contributed by atoms with Gasteiger partial charge in [0.2, 0.25) is 37.8 Å². The lowest BCUT2D eigenvalue weighted by molar-refractivity contribution is -0.147. The molecule has 2 aromatic heterocycles. The van der Waals surface area contributed by atoms with Crippen LogP contribution in [-0.4, -0.2) is 125 Å². The van der Waals surface area contributed by atoms with Crippen molar-refractivity contribution in [1.29, 1.82) is 0 Å². The Hall–Kier alpha value is -7.18. The molecule has 0 spiro atoms. The van der Waals surface area contributed by atoms with Gasteiger partial charge < -0.3 is 24.4 Å². The average molecular weight is 1430 g/mol. The summed E-state index contributed by atoms with van der Waals surface area (Å²) in [5.41, 5.74) is 1.85. The van der Waals surface area contributed by atoms with Crippen LogP contribution in [-0.2, 0) is 61.7 Å². The summed E-state index contributed by atoms with van der Waals surface area (Å²) in [7, 11) is -6.90. The van der Waals surface area contributed by atoms with Crippen LogP contribution in [0.5, 0.6) is 10.4 Å². The number of aliphatic carboxylic acids is 1. The van der Waals surface area contributed by atoms with E-state index in [9.17, 15) is 50.7 Å². The lowest BCUT2D eigenvalue weighted by Crippen LogP contribution is -2.46. The number of hydrogen-bond donors (Lipinski definition) is 3. The summed E-state index contributed by atoms with van der Waals surface area (Å²) >= 11 is 2.89. The van der Waals surface area contributed by atoms with Crippen LogP contribution in [0.25, 0.3) is 20.4 Å². The molecule has 2 saturated heterocycles. The Morgan fingerprint density at radius 2 is 0.990 bits per heavy atom. The van der Waals surface area contributed by atoms with Gasteiger partial charge in [0.25, 0.3) is 10.4 Å². The van der Waals surface area contributed by atoms with E-state index in [1.807, 2.05) is 97.1 Å². The van der Waals surface area contributed by atoms with E-state index in [0.29, 0.717) is 68.3 Å². The molecule has 4 aliphatic heterocycles. The fourth-order valence-electron chi connectivity index (χ4n) is 14.5. The molecule has 3 amide bonds. The van der Waals surface area contributed by atoms with Crippen molar-refractivity contribution in [2.24, 2.45) is 39.6 Å². The van der Waals surface area contributed by atoms with E-state index in [4.69, 9.17) is 14.6 Å². The van der Waals surface area contributed by atoms with Crippen LogP contribution in [0, 0.1) is 34.5 Å². The second kappa shape index (κ2) is 32.6. The molecule has 8 aliphatic rings. The number of nitrogens with one attached hydrogen (secondary N) is 1. The first-order chi connectivity index (χ1) is 46.7. The van der Waals surface area contributed by atoms with Gasteiger partial charge in [-0.05, 0) is 150 Å². The number of amides is 3. The molecule has 6 aromatic rings. The summed E-state index contributed by atoms with van der Waals surface area (Å²) in [4.78, 5) is 95.7. The van der Waals surface area contributed by atoms with Crippen LogP contribution in [0.2, 0.25) is 0 Å². The number of carbonyl (C=O) groups is 6. The highest BCUT2D eigenvalue weighted by atomic mass is 32.2. The highest BCUT2D eigenvalue weighted by molar-refractivity contribution is 7.91. The number of nitrogens with zero attached hydrogens (tertiary/aromatic N) is 4. The van der Waals surface area contributed by atoms with Gasteiger partial charge in [-0.25, -0.2) is 31.9 Å². The van der Waals surface area contributed by atoms with Gasteiger partial charge in [-0.15, -0.1) is 0 Å². The van der Waals surface area contributed by atoms with Crippen molar-refractivity contribution in [3.05, 3.63) is 145 Å². The zero-order valence-corrected chi connectivity index (χ0v) is 58.0. The lowest BCUT2D eigenvalue weighted by Gasteiger charge is -2.29. The van der Waals surface area contributed by atoms with E-state index in [0.717, 1.165) is 110 Å². The third-order valence-corrected chi connectivity index (χ3v) is 25.8. The Kier molecular flexibility index (Phi) is 24.6. The van der Waals surface area contributed by atoms with Gasteiger partial charge in [-0.1, -0.05) is 172 Å². The number of thiazole rings is 2. The van der Waals surface area contributed by atoms with E-state index in [2.05, 4.69) is 51.1 Å². The molecule has 10 atom stereocenters. The Balaban J connectivity index is 0.000000192. The zero-order valence-electron chi connectivity index (χ0n) is 54.7. The predicted octanol–water partition coefficient (Wildman–Crippen LogP) is 13.2. The molecule has 0 bridgehead atoms. The standard InChI is InChI=1S/C37H43N3O6S2.C34H38N2O5S.C3H7NO2S.2CH4/c41-32-23-37(35(43)39-48(44,45)29-19-20-29)22-27(37)14-8-3-1-2-7-13-26(18-17-25-11-5-4-6-12-25)34(42)40-24-28(21-31(32)40)46-36-38-30-15-9-10-16-33(30)47-36;37-29-21-34(32(39)40)20-25(34)14-8-3-1-2-7-13-24(18-17-23-11-5-4-6-12-23)31(38)36-22-26(19-28(29)36)41-33-35-27-15-9-10-16-30(27)42-33;4-7(5,6)3-1-2-3;;/h4-6,8-12,14-16,26-29,31H,1-3,7,13,17-24H2,(H,39,43);4-6,8-12,14-16,24-26,28H,1-3,7,13,17-22H2,(H,39,40);3H,1-2H2,(H2,4,5,6);2*1H4/b2*14-8-;;;/t26-,27-,28-,31+,37-;24-,25-,26-,28+,34-;;;/m11.../s1. The highest BCUT2D eigenvalue weighted by Crippen LogP contribution is 2.58. The Bertz CT molecular complexity index is 4050. The van der Waals surface area contributed by atoms with Crippen molar-refractivity contribution in [2.75, 3.05) is 13.1 Å². The van der Waals surface area contributed by atoms with E-state index in [-0.39, 0.29) is 92.6 Å². The van der Waals surface area contributed by atoms with Crippen molar-refractivity contribution in [2.45, 2.75) is 204 Å². The molecule has 4 saturated carbocycles. The van der Waals surface area contributed by atoms with E-state index in [1.54, 1.807) is 9.80 Å². The van der Waals surface area contributed by atoms with Gasteiger partial charge in [0.15, 0.2) is 11.6 Å². The van der Waals surface area contributed by atoms with Crippen LogP contribution in [0.4, 0.5) is 0 Å². The van der Waals surface area contributed by atoms with E-state index in [1.165, 1.54) is 33.8 Å². The second-order valence-corrected chi connectivity index (χ2v) is 33.7. The number of ketones is 2. The summed E-state index contributed by atoms with van der Waals surface area (Å²) < 4.78 is 62.9. The summed E-state index contributed by atoms with van der Waals surface area (Å²) in [6.07, 6.45) is 23.3. The number of para-hydroxylation sites is 2. The van der Waals surface area contributed by atoms with Crippen LogP contribution in [0.3, 0.4) is 0 Å². The molecular weight excluding hydrogens is 1330 g/mol. The van der Waals surface area contributed by atoms with Crippen molar-refractivity contribution in [3.8, 4) is 10.4 Å². The first-order valence-electron chi connectivity index (χ1n) is 34.7. The molecule has 4 N–H and O–H groups in total. The van der Waals surface area contributed by atoms with Gasteiger partial charge in [0.05, 0.1) is 66.9 Å². The third kappa shape index (κ3) is 18.7. The van der Waals surface area contributed by atoms with Crippen LogP contribution < -0.4 is 19.3 Å². The lowest BCUT2D eigenvalue weighted by atomic mass is 9.90. The molecule has 14 rings (SSSR count). The SMILES string of the molecule is C.C.NS(=O)(=O)C1CC1.O=C1C[C@]2(C(=O)NS(=O)(=O)C3CC3)C[C@H]2/C=C\CCCCC[C@H](CCc2ccccc2)C(=O)N2C[C@H](Oc3nc4ccccc4s3)C[C@@H]12.O=C1C[C@]2(C(=O)O)C[C@H]2/C=C\CCCCC[C@H](CCc2ccccc2)C(=O)N2C[C@H](Oc3nc4ccccc4s3)C[C@@H]12. The highest BCUT2D eigenvalue weighted by Gasteiger charge is 2.63. The van der Waals surface area contributed by atoms with Crippen molar-refractivity contribution < 1.29 is 60.2 Å². The molecule has 0 radical (unpaired) electrons. The molecule has 532 valence electrons. The number of carboxylic acids is 1. The molecule has 19 nitrogen and oxygen atoms in total.